The highest BCUT2D eigenvalue weighted by Crippen LogP contribution is 2.35. The molecule has 1 atom stereocenters. The van der Waals surface area contributed by atoms with E-state index in [2.05, 4.69) is 9.47 Å². The summed E-state index contributed by atoms with van der Waals surface area (Å²) in [5.41, 5.74) is -0.408. The van der Waals surface area contributed by atoms with E-state index in [1.54, 1.807) is 30.3 Å². The summed E-state index contributed by atoms with van der Waals surface area (Å²) in [5.74, 6) is -2.16. The first kappa shape index (κ1) is 19.5. The number of alkyl halides is 3. The Hall–Kier alpha value is -2.83. The lowest BCUT2D eigenvalue weighted by atomic mass is 9.86. The van der Waals surface area contributed by atoms with Crippen LogP contribution in [0.5, 0.6) is 0 Å². The number of carbonyl (C=O) groups is 2. The summed E-state index contributed by atoms with van der Waals surface area (Å²) < 4.78 is 49.0. The Labute approximate surface area is 148 Å². The first-order chi connectivity index (χ1) is 12.3. The average Bonchev–Trinajstić information content (AvgIpc) is 2.64. The molecule has 0 heterocycles. The van der Waals surface area contributed by atoms with Crippen molar-refractivity contribution >= 4 is 11.9 Å². The number of methoxy groups -OCH3 is 2. The summed E-state index contributed by atoms with van der Waals surface area (Å²) in [4.78, 5) is 23.6. The van der Waals surface area contributed by atoms with Gasteiger partial charge in [0, 0.05) is 5.92 Å². The lowest BCUT2D eigenvalue weighted by Crippen LogP contribution is -2.14. The predicted molar refractivity (Wildman–Crippen MR) is 87.7 cm³/mol. The molecule has 0 aliphatic rings. The van der Waals surface area contributed by atoms with Crippen LogP contribution in [0, 0.1) is 0 Å². The van der Waals surface area contributed by atoms with Crippen molar-refractivity contribution in [2.75, 3.05) is 14.2 Å². The fourth-order valence-electron chi connectivity index (χ4n) is 2.62. The SMILES string of the molecule is COC(=O)CC(c1ccccc1)c1cc(C(=O)OC)cc(C(F)(F)F)c1. The standard InChI is InChI=1S/C19H17F3O4/c1-25-17(23)11-16(12-6-4-3-5-7-12)13-8-14(18(24)26-2)10-15(9-13)19(20,21)22/h3-10,16H,11H2,1-2H3. The van der Waals surface area contributed by atoms with Crippen LogP contribution in [0.1, 0.15) is 39.4 Å². The molecule has 0 radical (unpaired) electrons. The fourth-order valence-corrected chi connectivity index (χ4v) is 2.62. The van der Waals surface area contributed by atoms with E-state index in [9.17, 15) is 22.8 Å². The minimum absolute atomic E-state index is 0.164. The molecule has 0 bridgehead atoms. The number of ether oxygens (including phenoxy) is 2. The molecule has 7 heteroatoms. The second-order valence-corrected chi connectivity index (χ2v) is 5.58. The van der Waals surface area contributed by atoms with Gasteiger partial charge in [0.2, 0.25) is 0 Å². The average molecular weight is 366 g/mol. The maximum Gasteiger partial charge on any atom is 0.416 e. The molecule has 0 aliphatic carbocycles. The number of benzene rings is 2. The summed E-state index contributed by atoms with van der Waals surface area (Å²) in [6.07, 6.45) is -4.81. The van der Waals surface area contributed by atoms with Gasteiger partial charge in [-0.1, -0.05) is 30.3 Å². The minimum atomic E-state index is -4.65. The predicted octanol–water partition coefficient (Wildman–Crippen LogP) is 4.19. The van der Waals surface area contributed by atoms with Crippen molar-refractivity contribution in [3.63, 3.8) is 0 Å². The molecule has 0 fully saturated rings. The molecule has 0 N–H and O–H groups in total. The van der Waals surface area contributed by atoms with E-state index in [0.717, 1.165) is 19.2 Å². The maximum atomic E-state index is 13.3. The second kappa shape index (κ2) is 8.03. The zero-order chi connectivity index (χ0) is 19.3. The van der Waals surface area contributed by atoms with Crippen molar-refractivity contribution in [3.05, 3.63) is 70.8 Å². The Morgan fingerprint density at radius 1 is 0.962 bits per heavy atom. The van der Waals surface area contributed by atoms with Crippen molar-refractivity contribution in [2.24, 2.45) is 0 Å². The van der Waals surface area contributed by atoms with Crippen LogP contribution in [0.25, 0.3) is 0 Å². The largest absolute Gasteiger partial charge is 0.469 e. The Bertz CT molecular complexity index is 785. The molecular formula is C19H17F3O4. The van der Waals surface area contributed by atoms with Crippen LogP contribution in [0.4, 0.5) is 13.2 Å². The van der Waals surface area contributed by atoms with Gasteiger partial charge >= 0.3 is 18.1 Å². The van der Waals surface area contributed by atoms with E-state index in [-0.39, 0.29) is 17.5 Å². The quantitative estimate of drug-likeness (QED) is 0.745. The fraction of sp³-hybridized carbons (Fsp3) is 0.263. The van der Waals surface area contributed by atoms with E-state index < -0.39 is 29.6 Å². The van der Waals surface area contributed by atoms with Gasteiger partial charge in [-0.3, -0.25) is 4.79 Å². The molecule has 0 saturated carbocycles. The number of esters is 2. The summed E-state index contributed by atoms with van der Waals surface area (Å²) in [5, 5.41) is 0. The molecule has 138 valence electrons. The number of hydrogen-bond acceptors (Lipinski definition) is 4. The highest BCUT2D eigenvalue weighted by atomic mass is 19.4. The van der Waals surface area contributed by atoms with Crippen LogP contribution in [0.15, 0.2) is 48.5 Å². The summed E-state index contributed by atoms with van der Waals surface area (Å²) in [6, 6.07) is 11.6. The van der Waals surface area contributed by atoms with Gasteiger partial charge in [0.1, 0.15) is 0 Å². The number of carbonyl (C=O) groups excluding carboxylic acids is 2. The zero-order valence-corrected chi connectivity index (χ0v) is 14.2. The van der Waals surface area contributed by atoms with Crippen LogP contribution in [-0.2, 0) is 20.4 Å². The van der Waals surface area contributed by atoms with Gasteiger partial charge in [-0.15, -0.1) is 0 Å². The third-order valence-electron chi connectivity index (χ3n) is 3.91. The van der Waals surface area contributed by atoms with Gasteiger partial charge in [0.15, 0.2) is 0 Å². The minimum Gasteiger partial charge on any atom is -0.469 e. The van der Waals surface area contributed by atoms with Crippen LogP contribution in [-0.4, -0.2) is 26.2 Å². The molecule has 1 unspecified atom stereocenters. The normalized spacial score (nSPS) is 12.3. The van der Waals surface area contributed by atoms with Crippen molar-refractivity contribution < 1.29 is 32.2 Å². The van der Waals surface area contributed by atoms with Gasteiger partial charge < -0.3 is 9.47 Å². The molecule has 0 spiro atoms. The van der Waals surface area contributed by atoms with Gasteiger partial charge in [-0.2, -0.15) is 13.2 Å². The third kappa shape index (κ3) is 4.62. The molecule has 0 amide bonds. The highest BCUT2D eigenvalue weighted by Gasteiger charge is 2.33. The van der Waals surface area contributed by atoms with Crippen molar-refractivity contribution in [2.45, 2.75) is 18.5 Å². The van der Waals surface area contributed by atoms with Crippen molar-refractivity contribution in [1.82, 2.24) is 0 Å². The molecule has 0 aliphatic heterocycles. The Morgan fingerprint density at radius 2 is 1.62 bits per heavy atom. The first-order valence-electron chi connectivity index (χ1n) is 7.68. The summed E-state index contributed by atoms with van der Waals surface area (Å²) in [7, 11) is 2.29. The van der Waals surface area contributed by atoms with Gasteiger partial charge in [-0.05, 0) is 29.3 Å². The molecule has 2 aromatic rings. The number of halogens is 3. The van der Waals surface area contributed by atoms with E-state index in [0.29, 0.717) is 5.56 Å². The van der Waals surface area contributed by atoms with E-state index in [1.807, 2.05) is 0 Å². The monoisotopic (exact) mass is 366 g/mol. The molecular weight excluding hydrogens is 349 g/mol. The van der Waals surface area contributed by atoms with Gasteiger partial charge in [0.05, 0.1) is 31.8 Å². The number of rotatable bonds is 5. The van der Waals surface area contributed by atoms with Crippen LogP contribution in [0.3, 0.4) is 0 Å². The lowest BCUT2D eigenvalue weighted by Gasteiger charge is -2.19. The van der Waals surface area contributed by atoms with Gasteiger partial charge in [0.25, 0.3) is 0 Å². The topological polar surface area (TPSA) is 52.6 Å². The van der Waals surface area contributed by atoms with E-state index in [4.69, 9.17) is 0 Å². The second-order valence-electron chi connectivity index (χ2n) is 5.58. The Balaban J connectivity index is 2.62. The van der Waals surface area contributed by atoms with Crippen LogP contribution < -0.4 is 0 Å². The molecule has 0 aromatic heterocycles. The number of hydrogen-bond donors (Lipinski definition) is 0. The molecule has 26 heavy (non-hydrogen) atoms. The van der Waals surface area contributed by atoms with Gasteiger partial charge in [-0.25, -0.2) is 4.79 Å². The summed E-state index contributed by atoms with van der Waals surface area (Å²) in [6.45, 7) is 0. The van der Waals surface area contributed by atoms with Crippen molar-refractivity contribution in [3.8, 4) is 0 Å². The third-order valence-corrected chi connectivity index (χ3v) is 3.91. The van der Waals surface area contributed by atoms with Crippen LogP contribution in [0.2, 0.25) is 0 Å². The molecule has 2 rings (SSSR count). The Morgan fingerprint density at radius 3 is 2.15 bits per heavy atom. The smallest absolute Gasteiger partial charge is 0.416 e. The lowest BCUT2D eigenvalue weighted by molar-refractivity contribution is -0.140. The molecule has 2 aromatic carbocycles. The Kier molecular flexibility index (Phi) is 6.02. The van der Waals surface area contributed by atoms with E-state index in [1.165, 1.54) is 13.2 Å². The van der Waals surface area contributed by atoms with Crippen LogP contribution >= 0.6 is 0 Å². The van der Waals surface area contributed by atoms with E-state index >= 15 is 0 Å². The molecule has 4 nitrogen and oxygen atoms in total. The zero-order valence-electron chi connectivity index (χ0n) is 14.2. The maximum absolute atomic E-state index is 13.3. The first-order valence-corrected chi connectivity index (χ1v) is 7.68. The summed E-state index contributed by atoms with van der Waals surface area (Å²) >= 11 is 0. The van der Waals surface area contributed by atoms with Crippen molar-refractivity contribution in [1.29, 1.82) is 0 Å². The molecule has 0 saturated heterocycles. The highest BCUT2D eigenvalue weighted by molar-refractivity contribution is 5.90.